The number of nitrogens with one attached hydrogen (secondary N) is 1. The molecule has 5 aromatic carbocycles. The molecule has 1 amide bonds. The van der Waals surface area contributed by atoms with Crippen molar-refractivity contribution in [1.82, 2.24) is 94.8 Å². The van der Waals surface area contributed by atoms with E-state index in [0.29, 0.717) is 79.1 Å². The van der Waals surface area contributed by atoms with Crippen LogP contribution in [0.3, 0.4) is 0 Å². The minimum absolute atomic E-state index is 0.110. The van der Waals surface area contributed by atoms with Crippen molar-refractivity contribution in [3.8, 4) is 90.5 Å². The molecule has 0 aliphatic heterocycles. The van der Waals surface area contributed by atoms with E-state index >= 15 is 0 Å². The number of thiophene rings is 1. The van der Waals surface area contributed by atoms with Gasteiger partial charge in [-0.3, -0.25) is 19.7 Å². The standard InChI is InChI=1S/C25H18ClN7O3.C25H19N7O3.C23H19N5O3S/c1-14-28-25(36-32-14)17-5-3-15(11-19(17)26)20-7-8-23-29-30-24(33(23)31-20)13-35-22-9-10-27-21-12-16(34-2)4-6-18(21)22;1-15-27-30-25(35-15)17-5-3-16(4-6-17)20-9-10-23-28-29-24(32(23)31-20)14-34-22-11-12-26-21-13-18(33-2)7-8-19(21)22;1-24-23(29)21-7-6-20(32-21)17-5-8-22-26-12-14(28(22)27-17)13-31-19-9-10-25-18-11-15(30-2)3-4-16(18)19/h3-12H,13H2,1-2H3;3-13H,14H2,1-2H3;3-12H,13H2,1-2H3,(H,24,29). The second kappa shape index (κ2) is 28.8. The predicted molar refractivity (Wildman–Crippen MR) is 381 cm³/mol. The molecule has 12 aromatic heterocycles. The van der Waals surface area contributed by atoms with Gasteiger partial charge in [0, 0.05) is 83.6 Å². The van der Waals surface area contributed by atoms with Gasteiger partial charge in [-0.2, -0.15) is 29.3 Å². The van der Waals surface area contributed by atoms with Crippen molar-refractivity contribution in [2.24, 2.45) is 0 Å². The zero-order valence-electron chi connectivity index (χ0n) is 55.5. The molecule has 0 bridgehead atoms. The number of halogens is 1. The summed E-state index contributed by atoms with van der Waals surface area (Å²) in [6, 6.07) is 50.8. The van der Waals surface area contributed by atoms with Crippen molar-refractivity contribution in [3.63, 3.8) is 0 Å². The van der Waals surface area contributed by atoms with Crippen LogP contribution < -0.4 is 33.7 Å². The van der Waals surface area contributed by atoms with Crippen LogP contribution in [0.1, 0.15) is 38.7 Å². The molecule has 0 saturated carbocycles. The van der Waals surface area contributed by atoms with Crippen LogP contribution in [0, 0.1) is 13.8 Å². The largest absolute Gasteiger partial charge is 0.497 e. The van der Waals surface area contributed by atoms with Gasteiger partial charge in [-0.05, 0) is 134 Å². The molecular weight excluding hydrogens is 1350 g/mol. The van der Waals surface area contributed by atoms with E-state index in [1.54, 1.807) is 86.6 Å². The van der Waals surface area contributed by atoms with E-state index in [9.17, 15) is 4.79 Å². The van der Waals surface area contributed by atoms with Crippen LogP contribution in [0.5, 0.6) is 34.5 Å². The lowest BCUT2D eigenvalue weighted by Gasteiger charge is -2.09. The number of imidazole rings is 1. The Kier molecular flexibility index (Phi) is 18.3. The van der Waals surface area contributed by atoms with Crippen molar-refractivity contribution >= 4 is 78.5 Å². The number of fused-ring (bicyclic) bond motifs is 6. The van der Waals surface area contributed by atoms with E-state index in [0.717, 1.165) is 100 Å². The second-order valence-corrected chi connectivity index (χ2v) is 24.2. The third-order valence-electron chi connectivity index (χ3n) is 16.2. The number of rotatable bonds is 18. The molecular formula is C73H56ClN19O9S. The molecule has 0 radical (unpaired) electrons. The highest BCUT2D eigenvalue weighted by molar-refractivity contribution is 7.17. The number of aryl methyl sites for hydroxylation is 2. The zero-order valence-corrected chi connectivity index (χ0v) is 57.1. The summed E-state index contributed by atoms with van der Waals surface area (Å²) >= 11 is 7.91. The Morgan fingerprint density at radius 2 is 1.03 bits per heavy atom. The Labute approximate surface area is 592 Å². The van der Waals surface area contributed by atoms with Gasteiger partial charge < -0.3 is 42.7 Å². The summed E-state index contributed by atoms with van der Waals surface area (Å²) in [5.41, 5.74) is 10.6. The van der Waals surface area contributed by atoms with E-state index in [2.05, 4.69) is 66.0 Å². The van der Waals surface area contributed by atoms with Crippen LogP contribution in [0.2, 0.25) is 5.02 Å². The Hall–Kier alpha value is -13.4. The van der Waals surface area contributed by atoms with Gasteiger partial charge in [0.1, 0.15) is 65.7 Å². The molecule has 510 valence electrons. The number of benzene rings is 5. The number of methoxy groups -OCH3 is 3. The van der Waals surface area contributed by atoms with Gasteiger partial charge in [-0.15, -0.1) is 41.9 Å². The predicted octanol–water partition coefficient (Wildman–Crippen LogP) is 13.2. The minimum Gasteiger partial charge on any atom is -0.497 e. The van der Waals surface area contributed by atoms with Gasteiger partial charge >= 0.3 is 0 Å². The smallest absolute Gasteiger partial charge is 0.261 e. The molecule has 28 nitrogen and oxygen atoms in total. The molecule has 0 unspecified atom stereocenters. The van der Waals surface area contributed by atoms with Crippen LogP contribution >= 0.6 is 22.9 Å². The lowest BCUT2D eigenvalue weighted by molar-refractivity contribution is 0.0967. The summed E-state index contributed by atoms with van der Waals surface area (Å²) in [5, 5.41) is 48.7. The number of ether oxygens (including phenoxy) is 6. The average Bonchev–Trinajstić information content (AvgIpc) is 1.77. The first kappa shape index (κ1) is 65.5. The molecule has 0 spiro atoms. The number of aromatic nitrogens is 18. The number of pyridine rings is 3. The summed E-state index contributed by atoms with van der Waals surface area (Å²) in [5.74, 6) is 7.24. The van der Waals surface area contributed by atoms with Crippen LogP contribution in [-0.2, 0) is 19.8 Å². The summed E-state index contributed by atoms with van der Waals surface area (Å²) in [4.78, 5) is 35.3. The van der Waals surface area contributed by atoms with E-state index in [-0.39, 0.29) is 25.7 Å². The Morgan fingerprint density at radius 3 is 1.55 bits per heavy atom. The quantitative estimate of drug-likeness (QED) is 0.0834. The first-order valence-electron chi connectivity index (χ1n) is 31.7. The molecule has 0 atom stereocenters. The molecule has 0 fully saturated rings. The van der Waals surface area contributed by atoms with E-state index < -0.39 is 0 Å². The summed E-state index contributed by atoms with van der Waals surface area (Å²) in [7, 11) is 6.49. The second-order valence-electron chi connectivity index (χ2n) is 22.7. The Balaban J connectivity index is 0.000000125. The molecule has 0 aliphatic carbocycles. The fraction of sp³-hybridized carbons (Fsp3) is 0.123. The molecule has 1 N–H and O–H groups in total. The highest BCUT2D eigenvalue weighted by Gasteiger charge is 2.19. The summed E-state index contributed by atoms with van der Waals surface area (Å²) < 4.78 is 50.0. The Bertz CT molecular complexity index is 5980. The maximum Gasteiger partial charge on any atom is 0.261 e. The van der Waals surface area contributed by atoms with Gasteiger partial charge in [-0.25, -0.2) is 9.50 Å². The highest BCUT2D eigenvalue weighted by atomic mass is 35.5. The SMILES string of the molecule is CNC(=O)c1ccc(-c2ccc3ncc(COc4ccnc5cc(OC)ccc45)n3n2)s1.COc1ccc2c(OCc3nnc4ccc(-c5ccc(-c6nc(C)no6)c(Cl)c5)nn34)ccnc2c1.COc1ccc2c(OCc3nnc4ccc(-c5ccc(-c6nnc(C)o6)cc5)nn34)ccnc2c1. The lowest BCUT2D eigenvalue weighted by Crippen LogP contribution is -2.15. The summed E-state index contributed by atoms with van der Waals surface area (Å²) in [6.07, 6.45) is 6.86. The molecule has 0 saturated heterocycles. The number of nitrogens with zero attached hydrogens (tertiary/aromatic N) is 18. The molecule has 17 rings (SSSR count). The first-order chi connectivity index (χ1) is 50.4. The van der Waals surface area contributed by atoms with Gasteiger partial charge in [-0.1, -0.05) is 35.0 Å². The van der Waals surface area contributed by atoms with Crippen LogP contribution in [-0.4, -0.2) is 124 Å². The highest BCUT2D eigenvalue weighted by Crippen LogP contribution is 2.35. The molecule has 103 heavy (non-hydrogen) atoms. The zero-order chi connectivity index (χ0) is 70.5. The number of carbonyl (C=O) groups is 1. The molecule has 12 heterocycles. The first-order valence-corrected chi connectivity index (χ1v) is 32.9. The topological polar surface area (TPSA) is 317 Å². The van der Waals surface area contributed by atoms with E-state index in [1.807, 2.05) is 158 Å². The molecule has 30 heteroatoms. The monoisotopic (exact) mass is 1410 g/mol. The fourth-order valence-corrected chi connectivity index (χ4v) is 12.2. The van der Waals surface area contributed by atoms with Crippen LogP contribution in [0.15, 0.2) is 198 Å². The van der Waals surface area contributed by atoms with Crippen molar-refractivity contribution in [1.29, 1.82) is 0 Å². The number of hydrogen-bond donors (Lipinski definition) is 1. The van der Waals surface area contributed by atoms with Gasteiger partial charge in [0.2, 0.25) is 11.8 Å². The molecule has 0 aliphatic rings. The maximum atomic E-state index is 11.9. The van der Waals surface area contributed by atoms with Crippen LogP contribution in [0.4, 0.5) is 0 Å². The number of hydrogen-bond acceptors (Lipinski definition) is 25. The third kappa shape index (κ3) is 13.9. The van der Waals surface area contributed by atoms with Gasteiger partial charge in [0.05, 0.1) is 75.8 Å². The molecule has 17 aromatic rings. The van der Waals surface area contributed by atoms with E-state index in [4.69, 9.17) is 64.3 Å². The van der Waals surface area contributed by atoms with Crippen molar-refractivity contribution in [2.45, 2.75) is 33.7 Å². The summed E-state index contributed by atoms with van der Waals surface area (Å²) in [6.45, 7) is 4.16. The van der Waals surface area contributed by atoms with Gasteiger partial charge in [0.15, 0.2) is 34.4 Å². The Morgan fingerprint density at radius 1 is 0.505 bits per heavy atom. The maximum absolute atomic E-state index is 11.9. The minimum atomic E-state index is -0.110. The van der Waals surface area contributed by atoms with Crippen LogP contribution in [0.25, 0.3) is 106 Å². The normalized spacial score (nSPS) is 11.2. The van der Waals surface area contributed by atoms with Crippen molar-refractivity contribution < 1.29 is 42.2 Å². The van der Waals surface area contributed by atoms with Crippen molar-refractivity contribution in [2.75, 3.05) is 28.4 Å². The third-order valence-corrected chi connectivity index (χ3v) is 17.6. The number of carbonyl (C=O) groups excluding carboxylic acids is 1. The fourth-order valence-electron chi connectivity index (χ4n) is 11.0. The lowest BCUT2D eigenvalue weighted by atomic mass is 10.1. The van der Waals surface area contributed by atoms with Crippen molar-refractivity contribution in [3.05, 3.63) is 228 Å². The van der Waals surface area contributed by atoms with Gasteiger partial charge in [0.25, 0.3) is 11.8 Å². The number of amides is 1. The average molecular weight is 1410 g/mol. The van der Waals surface area contributed by atoms with E-state index in [1.165, 1.54) is 11.3 Å².